The number of carbonyl (C=O) groups is 1. The third-order valence-corrected chi connectivity index (χ3v) is 3.18. The van der Waals surface area contributed by atoms with Gasteiger partial charge in [-0.2, -0.15) is 0 Å². The molecule has 104 valence electrons. The molecule has 1 unspecified atom stereocenters. The van der Waals surface area contributed by atoms with Crippen LogP contribution in [0.2, 0.25) is 0 Å². The van der Waals surface area contributed by atoms with Crippen molar-refractivity contribution < 1.29 is 14.5 Å². The van der Waals surface area contributed by atoms with Crippen LogP contribution in [-0.4, -0.2) is 17.8 Å². The van der Waals surface area contributed by atoms with Gasteiger partial charge >= 0.3 is 0 Å². The maximum absolute atomic E-state index is 11.6. The first-order chi connectivity index (χ1) is 8.85. The predicted molar refractivity (Wildman–Crippen MR) is 72.4 cm³/mol. The fourth-order valence-electron chi connectivity index (χ4n) is 2.09. The minimum Gasteiger partial charge on any atom is -0.496 e. The normalized spacial score (nSPS) is 12.3. The van der Waals surface area contributed by atoms with Crippen LogP contribution in [0.4, 0.5) is 5.69 Å². The molecular weight excluding hydrogens is 246 g/mol. The molecule has 0 aliphatic heterocycles. The molecule has 1 atom stereocenters. The second-order valence-electron chi connectivity index (χ2n) is 4.96. The number of methoxy groups -OCH3 is 1. The van der Waals surface area contributed by atoms with Crippen LogP contribution >= 0.6 is 0 Å². The lowest BCUT2D eigenvalue weighted by Crippen LogP contribution is -2.20. The van der Waals surface area contributed by atoms with E-state index in [1.807, 2.05) is 13.8 Å². The zero-order valence-electron chi connectivity index (χ0n) is 11.7. The topological polar surface area (TPSA) is 69.4 Å². The second kappa shape index (κ2) is 6.31. The van der Waals surface area contributed by atoms with Gasteiger partial charge in [0.05, 0.1) is 18.1 Å². The zero-order valence-corrected chi connectivity index (χ0v) is 11.7. The Morgan fingerprint density at radius 3 is 2.42 bits per heavy atom. The van der Waals surface area contributed by atoms with Crippen molar-refractivity contribution >= 4 is 11.5 Å². The van der Waals surface area contributed by atoms with E-state index in [9.17, 15) is 14.9 Å². The van der Waals surface area contributed by atoms with Crippen molar-refractivity contribution in [3.8, 4) is 5.75 Å². The van der Waals surface area contributed by atoms with Gasteiger partial charge in [-0.25, -0.2) is 0 Å². The first kappa shape index (κ1) is 15.1. The smallest absolute Gasteiger partial charge is 0.273 e. The minimum absolute atomic E-state index is 0.0135. The number of nitro benzene ring substituents is 1. The summed E-state index contributed by atoms with van der Waals surface area (Å²) in [6, 6.07) is 4.62. The molecule has 0 aliphatic rings. The summed E-state index contributed by atoms with van der Waals surface area (Å²) in [5.41, 5.74) is 0.736. The van der Waals surface area contributed by atoms with E-state index >= 15 is 0 Å². The Labute approximate surface area is 112 Å². The average molecular weight is 265 g/mol. The molecule has 5 heteroatoms. The number of hydrogen-bond acceptors (Lipinski definition) is 4. The van der Waals surface area contributed by atoms with E-state index in [4.69, 9.17) is 4.74 Å². The Morgan fingerprint density at radius 2 is 2.00 bits per heavy atom. The first-order valence-electron chi connectivity index (χ1n) is 6.18. The van der Waals surface area contributed by atoms with Gasteiger partial charge in [-0.1, -0.05) is 13.8 Å². The number of Topliss-reactive ketones (excluding diaryl/α,β-unsaturated/α-hetero) is 1. The van der Waals surface area contributed by atoms with Gasteiger partial charge in [0, 0.05) is 12.0 Å². The predicted octanol–water partition coefficient (Wildman–Crippen LogP) is 3.01. The van der Waals surface area contributed by atoms with Gasteiger partial charge in [-0.05, 0) is 30.9 Å². The van der Waals surface area contributed by atoms with E-state index in [1.165, 1.54) is 19.2 Å². The second-order valence-corrected chi connectivity index (χ2v) is 4.96. The van der Waals surface area contributed by atoms with Crippen LogP contribution in [0.15, 0.2) is 18.2 Å². The van der Waals surface area contributed by atoms with Gasteiger partial charge in [-0.15, -0.1) is 0 Å². The molecule has 0 bridgehead atoms. The maximum Gasteiger partial charge on any atom is 0.273 e. The van der Waals surface area contributed by atoms with Gasteiger partial charge in [0.1, 0.15) is 11.5 Å². The monoisotopic (exact) mass is 265 g/mol. The SMILES string of the molecule is COc1cc(CC(C(C)=O)C(C)C)cc([N+](=O)[O-])c1. The van der Waals surface area contributed by atoms with Crippen molar-refractivity contribution in [2.45, 2.75) is 27.2 Å². The number of ether oxygens (including phenoxy) is 1. The van der Waals surface area contributed by atoms with Crippen molar-refractivity contribution in [2.24, 2.45) is 11.8 Å². The Hall–Kier alpha value is -1.91. The minimum atomic E-state index is -0.454. The molecule has 0 spiro atoms. The molecule has 0 aliphatic carbocycles. The summed E-state index contributed by atoms with van der Waals surface area (Å²) in [5, 5.41) is 10.9. The number of carbonyl (C=O) groups excluding carboxylic acids is 1. The molecule has 5 nitrogen and oxygen atoms in total. The van der Waals surface area contributed by atoms with Crippen LogP contribution < -0.4 is 4.74 Å². The van der Waals surface area contributed by atoms with Gasteiger partial charge < -0.3 is 4.74 Å². The molecular formula is C14H19NO4. The van der Waals surface area contributed by atoms with E-state index in [1.54, 1.807) is 13.0 Å². The summed E-state index contributed by atoms with van der Waals surface area (Å²) in [4.78, 5) is 22.0. The summed E-state index contributed by atoms with van der Waals surface area (Å²) in [5.74, 6) is 0.602. The molecule has 0 saturated carbocycles. The van der Waals surface area contributed by atoms with Crippen molar-refractivity contribution in [3.05, 3.63) is 33.9 Å². The van der Waals surface area contributed by atoms with Crippen molar-refractivity contribution in [2.75, 3.05) is 7.11 Å². The highest BCUT2D eigenvalue weighted by atomic mass is 16.6. The van der Waals surface area contributed by atoms with Crippen LogP contribution in [0.3, 0.4) is 0 Å². The van der Waals surface area contributed by atoms with Crippen LogP contribution in [0.5, 0.6) is 5.75 Å². The summed E-state index contributed by atoms with van der Waals surface area (Å²) in [6.45, 7) is 5.50. The molecule has 19 heavy (non-hydrogen) atoms. The van der Waals surface area contributed by atoms with Gasteiger partial charge in [0.2, 0.25) is 0 Å². The first-order valence-corrected chi connectivity index (χ1v) is 6.18. The van der Waals surface area contributed by atoms with E-state index < -0.39 is 4.92 Å². The zero-order chi connectivity index (χ0) is 14.6. The van der Waals surface area contributed by atoms with Crippen molar-refractivity contribution in [1.29, 1.82) is 0 Å². The Morgan fingerprint density at radius 1 is 1.37 bits per heavy atom. The Balaban J connectivity index is 3.08. The number of rotatable bonds is 6. The number of nitro groups is 1. The quantitative estimate of drug-likeness (QED) is 0.585. The molecule has 0 N–H and O–H groups in total. The van der Waals surface area contributed by atoms with Crippen LogP contribution in [0.1, 0.15) is 26.3 Å². The van der Waals surface area contributed by atoms with E-state index in [2.05, 4.69) is 0 Å². The lowest BCUT2D eigenvalue weighted by atomic mass is 9.86. The van der Waals surface area contributed by atoms with Crippen molar-refractivity contribution in [3.63, 3.8) is 0 Å². The lowest BCUT2D eigenvalue weighted by molar-refractivity contribution is -0.385. The van der Waals surface area contributed by atoms with Gasteiger partial charge in [-0.3, -0.25) is 14.9 Å². The largest absolute Gasteiger partial charge is 0.496 e. The number of non-ortho nitro benzene ring substituents is 1. The molecule has 1 rings (SSSR count). The Kier molecular flexibility index (Phi) is 5.03. The van der Waals surface area contributed by atoms with E-state index in [0.29, 0.717) is 12.2 Å². The van der Waals surface area contributed by atoms with E-state index in [-0.39, 0.29) is 23.3 Å². The van der Waals surface area contributed by atoms with Crippen LogP contribution in [-0.2, 0) is 11.2 Å². The molecule has 0 heterocycles. The summed E-state index contributed by atoms with van der Waals surface area (Å²) in [7, 11) is 1.47. The summed E-state index contributed by atoms with van der Waals surface area (Å²) in [6.07, 6.45) is 0.491. The van der Waals surface area contributed by atoms with Crippen molar-refractivity contribution in [1.82, 2.24) is 0 Å². The lowest BCUT2D eigenvalue weighted by Gasteiger charge is -2.18. The summed E-state index contributed by atoms with van der Waals surface area (Å²) < 4.78 is 5.06. The average Bonchev–Trinajstić information content (AvgIpc) is 2.34. The van der Waals surface area contributed by atoms with Gasteiger partial charge in [0.25, 0.3) is 5.69 Å². The number of benzene rings is 1. The molecule has 1 aromatic carbocycles. The standard InChI is InChI=1S/C14H19NO4/c1-9(2)14(10(3)16)7-11-5-12(15(17)18)8-13(6-11)19-4/h5-6,8-9,14H,7H2,1-4H3. The molecule has 0 amide bonds. The fourth-order valence-corrected chi connectivity index (χ4v) is 2.09. The molecule has 0 radical (unpaired) electrons. The molecule has 1 aromatic rings. The third kappa shape index (κ3) is 4.05. The number of nitrogens with zero attached hydrogens (tertiary/aromatic N) is 1. The molecule has 0 fully saturated rings. The highest BCUT2D eigenvalue weighted by Gasteiger charge is 2.20. The molecule has 0 saturated heterocycles. The molecule has 0 aromatic heterocycles. The van der Waals surface area contributed by atoms with Crippen LogP contribution in [0, 0.1) is 22.0 Å². The fraction of sp³-hybridized carbons (Fsp3) is 0.500. The summed E-state index contributed by atoms with van der Waals surface area (Å²) >= 11 is 0. The third-order valence-electron chi connectivity index (χ3n) is 3.18. The number of ketones is 1. The number of hydrogen-bond donors (Lipinski definition) is 0. The van der Waals surface area contributed by atoms with Gasteiger partial charge in [0.15, 0.2) is 0 Å². The highest BCUT2D eigenvalue weighted by Crippen LogP contribution is 2.26. The maximum atomic E-state index is 11.6. The highest BCUT2D eigenvalue weighted by molar-refractivity contribution is 5.78. The Bertz CT molecular complexity index is 482. The van der Waals surface area contributed by atoms with E-state index in [0.717, 1.165) is 5.56 Å². The van der Waals surface area contributed by atoms with Crippen LogP contribution in [0.25, 0.3) is 0 Å².